The first kappa shape index (κ1) is 12.2. The molecule has 1 fully saturated rings. The SMILES string of the molecule is FC(F)(F)c1cnccc1OC1CCNCC1. The lowest BCUT2D eigenvalue weighted by atomic mass is 10.1. The minimum Gasteiger partial charge on any atom is -0.490 e. The van der Waals surface area contributed by atoms with E-state index in [1.165, 1.54) is 12.3 Å². The Morgan fingerprint density at radius 2 is 2.00 bits per heavy atom. The number of alkyl halides is 3. The fraction of sp³-hybridized carbons (Fsp3) is 0.545. The largest absolute Gasteiger partial charge is 0.490 e. The molecule has 0 bridgehead atoms. The molecule has 0 spiro atoms. The van der Waals surface area contributed by atoms with Gasteiger partial charge in [-0.15, -0.1) is 0 Å². The number of halogens is 3. The third-order valence-electron chi connectivity index (χ3n) is 2.67. The number of rotatable bonds is 2. The summed E-state index contributed by atoms with van der Waals surface area (Å²) in [6.45, 7) is 1.55. The molecule has 0 atom stereocenters. The van der Waals surface area contributed by atoms with Crippen LogP contribution in [0.2, 0.25) is 0 Å². The summed E-state index contributed by atoms with van der Waals surface area (Å²) in [5.74, 6) is -0.126. The Bertz CT molecular complexity index is 375. The molecule has 1 aromatic rings. The van der Waals surface area contributed by atoms with Crippen LogP contribution in [0.15, 0.2) is 18.5 Å². The van der Waals surface area contributed by atoms with Gasteiger partial charge in [0.15, 0.2) is 0 Å². The number of nitrogens with one attached hydrogen (secondary N) is 1. The molecule has 94 valence electrons. The van der Waals surface area contributed by atoms with Crippen LogP contribution in [-0.2, 0) is 6.18 Å². The van der Waals surface area contributed by atoms with Crippen molar-refractivity contribution in [3.05, 3.63) is 24.0 Å². The number of ether oxygens (including phenoxy) is 1. The molecule has 0 radical (unpaired) electrons. The summed E-state index contributed by atoms with van der Waals surface area (Å²) in [6, 6.07) is 1.27. The second-order valence-corrected chi connectivity index (χ2v) is 3.94. The standard InChI is InChI=1S/C11H13F3N2O/c12-11(13,14)9-7-16-6-3-10(9)17-8-1-4-15-5-2-8/h3,6-8,15H,1-2,4-5H2. The molecule has 3 nitrogen and oxygen atoms in total. The molecule has 0 unspecified atom stereocenters. The third kappa shape index (κ3) is 3.09. The van der Waals surface area contributed by atoms with E-state index in [1.54, 1.807) is 0 Å². The van der Waals surface area contributed by atoms with E-state index in [0.717, 1.165) is 32.1 Å². The van der Waals surface area contributed by atoms with Crippen molar-refractivity contribution in [1.82, 2.24) is 10.3 Å². The Hall–Kier alpha value is -1.30. The van der Waals surface area contributed by atoms with Gasteiger partial charge in [-0.1, -0.05) is 0 Å². The Morgan fingerprint density at radius 1 is 1.29 bits per heavy atom. The van der Waals surface area contributed by atoms with Crippen molar-refractivity contribution in [2.75, 3.05) is 13.1 Å². The van der Waals surface area contributed by atoms with Crippen molar-refractivity contribution in [3.63, 3.8) is 0 Å². The van der Waals surface area contributed by atoms with E-state index in [-0.39, 0.29) is 11.9 Å². The molecule has 1 aliphatic rings. The molecule has 0 amide bonds. The van der Waals surface area contributed by atoms with Gasteiger partial charge in [0.05, 0.1) is 0 Å². The molecule has 1 aliphatic heterocycles. The molecule has 2 rings (SSSR count). The number of piperidine rings is 1. The Balaban J connectivity index is 2.14. The normalized spacial score (nSPS) is 18.1. The summed E-state index contributed by atoms with van der Waals surface area (Å²) >= 11 is 0. The highest BCUT2D eigenvalue weighted by Gasteiger charge is 2.35. The van der Waals surface area contributed by atoms with Crippen LogP contribution in [0.1, 0.15) is 18.4 Å². The number of pyridine rings is 1. The van der Waals surface area contributed by atoms with E-state index < -0.39 is 11.7 Å². The molecule has 1 N–H and O–H groups in total. The molecule has 0 aliphatic carbocycles. The zero-order valence-corrected chi connectivity index (χ0v) is 9.13. The summed E-state index contributed by atoms with van der Waals surface area (Å²) in [5, 5.41) is 3.13. The van der Waals surface area contributed by atoms with E-state index in [2.05, 4.69) is 10.3 Å². The van der Waals surface area contributed by atoms with E-state index >= 15 is 0 Å². The molecular formula is C11H13F3N2O. The van der Waals surface area contributed by atoms with Crippen LogP contribution < -0.4 is 10.1 Å². The highest BCUT2D eigenvalue weighted by molar-refractivity contribution is 5.32. The second-order valence-electron chi connectivity index (χ2n) is 3.94. The average molecular weight is 246 g/mol. The fourth-order valence-corrected chi connectivity index (χ4v) is 1.79. The van der Waals surface area contributed by atoms with Crippen LogP contribution in [-0.4, -0.2) is 24.2 Å². The monoisotopic (exact) mass is 246 g/mol. The van der Waals surface area contributed by atoms with Gasteiger partial charge in [-0.25, -0.2) is 0 Å². The van der Waals surface area contributed by atoms with Gasteiger partial charge >= 0.3 is 6.18 Å². The molecule has 0 saturated carbocycles. The van der Waals surface area contributed by atoms with Crippen molar-refractivity contribution in [2.45, 2.75) is 25.1 Å². The summed E-state index contributed by atoms with van der Waals surface area (Å²) in [4.78, 5) is 3.49. The Labute approximate surface area is 97.0 Å². The maximum Gasteiger partial charge on any atom is 0.421 e. The molecule has 6 heteroatoms. The number of aromatic nitrogens is 1. The number of hydrogen-bond acceptors (Lipinski definition) is 3. The molecule has 17 heavy (non-hydrogen) atoms. The van der Waals surface area contributed by atoms with Crippen LogP contribution in [0.25, 0.3) is 0 Å². The van der Waals surface area contributed by atoms with Crippen LogP contribution in [0.4, 0.5) is 13.2 Å². The first-order valence-electron chi connectivity index (χ1n) is 5.46. The van der Waals surface area contributed by atoms with Crippen LogP contribution >= 0.6 is 0 Å². The molecule has 2 heterocycles. The third-order valence-corrected chi connectivity index (χ3v) is 2.67. The van der Waals surface area contributed by atoms with Crippen molar-refractivity contribution in [2.24, 2.45) is 0 Å². The highest BCUT2D eigenvalue weighted by atomic mass is 19.4. The maximum absolute atomic E-state index is 12.7. The van der Waals surface area contributed by atoms with Crippen molar-refractivity contribution < 1.29 is 17.9 Å². The first-order chi connectivity index (χ1) is 8.07. The van der Waals surface area contributed by atoms with Gasteiger partial charge in [0.25, 0.3) is 0 Å². The van der Waals surface area contributed by atoms with E-state index in [4.69, 9.17) is 4.74 Å². The lowest BCUT2D eigenvalue weighted by molar-refractivity contribution is -0.139. The lowest BCUT2D eigenvalue weighted by Crippen LogP contribution is -2.34. The number of nitrogens with zero attached hydrogens (tertiary/aromatic N) is 1. The zero-order valence-electron chi connectivity index (χ0n) is 9.13. The van der Waals surface area contributed by atoms with Gasteiger partial charge in [-0.2, -0.15) is 13.2 Å². The van der Waals surface area contributed by atoms with Gasteiger partial charge in [0, 0.05) is 12.4 Å². The van der Waals surface area contributed by atoms with Gasteiger partial charge < -0.3 is 10.1 Å². The van der Waals surface area contributed by atoms with Crippen molar-refractivity contribution >= 4 is 0 Å². The van der Waals surface area contributed by atoms with Crippen molar-refractivity contribution in [1.29, 1.82) is 0 Å². The molecular weight excluding hydrogens is 233 g/mol. The predicted molar refractivity (Wildman–Crippen MR) is 55.8 cm³/mol. The van der Waals surface area contributed by atoms with E-state index in [1.807, 2.05) is 0 Å². The number of hydrogen-bond donors (Lipinski definition) is 1. The summed E-state index contributed by atoms with van der Waals surface area (Å²) < 4.78 is 43.4. The molecule has 0 aromatic carbocycles. The molecule has 1 aromatic heterocycles. The van der Waals surface area contributed by atoms with Gasteiger partial charge in [-0.05, 0) is 32.0 Å². The van der Waals surface area contributed by atoms with Crippen LogP contribution in [0.5, 0.6) is 5.75 Å². The smallest absolute Gasteiger partial charge is 0.421 e. The summed E-state index contributed by atoms with van der Waals surface area (Å²) in [5.41, 5.74) is -0.807. The van der Waals surface area contributed by atoms with Crippen LogP contribution in [0.3, 0.4) is 0 Å². The van der Waals surface area contributed by atoms with E-state index in [0.29, 0.717) is 0 Å². The van der Waals surface area contributed by atoms with Crippen LogP contribution in [0, 0.1) is 0 Å². The quantitative estimate of drug-likeness (QED) is 0.868. The Kier molecular flexibility index (Phi) is 3.51. The minimum atomic E-state index is -4.42. The van der Waals surface area contributed by atoms with Gasteiger partial charge in [0.1, 0.15) is 17.4 Å². The second kappa shape index (κ2) is 4.91. The first-order valence-corrected chi connectivity index (χ1v) is 5.46. The Morgan fingerprint density at radius 3 is 2.65 bits per heavy atom. The fourth-order valence-electron chi connectivity index (χ4n) is 1.79. The maximum atomic E-state index is 12.7. The minimum absolute atomic E-state index is 0.126. The average Bonchev–Trinajstić information content (AvgIpc) is 2.30. The summed E-state index contributed by atoms with van der Waals surface area (Å²) in [7, 11) is 0. The lowest BCUT2D eigenvalue weighted by Gasteiger charge is -2.25. The summed E-state index contributed by atoms with van der Waals surface area (Å²) in [6.07, 6.45) is -1.02. The van der Waals surface area contributed by atoms with E-state index in [9.17, 15) is 13.2 Å². The zero-order chi connectivity index (χ0) is 12.3. The topological polar surface area (TPSA) is 34.1 Å². The van der Waals surface area contributed by atoms with Crippen molar-refractivity contribution in [3.8, 4) is 5.75 Å². The highest BCUT2D eigenvalue weighted by Crippen LogP contribution is 2.36. The van der Waals surface area contributed by atoms with Gasteiger partial charge in [-0.3, -0.25) is 4.98 Å². The predicted octanol–water partition coefficient (Wildman–Crippen LogP) is 2.23. The van der Waals surface area contributed by atoms with Gasteiger partial charge in [0.2, 0.25) is 0 Å². The molecule has 1 saturated heterocycles.